The number of hydrogen-bond donors (Lipinski definition) is 1. The number of benzene rings is 1. The van der Waals surface area contributed by atoms with Crippen LogP contribution in [0.25, 0.3) is 0 Å². The first-order valence-corrected chi connectivity index (χ1v) is 6.31. The molecule has 0 heterocycles. The molecule has 0 aromatic heterocycles. The number of hydrogen-bond acceptors (Lipinski definition) is 2. The van der Waals surface area contributed by atoms with Crippen molar-refractivity contribution in [1.82, 2.24) is 4.90 Å². The zero-order valence-electron chi connectivity index (χ0n) is 11.9. The summed E-state index contributed by atoms with van der Waals surface area (Å²) in [5.41, 5.74) is 2.51. The van der Waals surface area contributed by atoms with E-state index in [2.05, 4.69) is 20.2 Å². The van der Waals surface area contributed by atoms with Gasteiger partial charge in [0, 0.05) is 31.6 Å². The van der Waals surface area contributed by atoms with Gasteiger partial charge in [0.15, 0.2) is 0 Å². The van der Waals surface area contributed by atoms with E-state index in [0.717, 1.165) is 18.6 Å². The molecule has 1 aliphatic carbocycles. The summed E-state index contributed by atoms with van der Waals surface area (Å²) in [5, 5.41) is 0. The van der Waals surface area contributed by atoms with Gasteiger partial charge in [0.2, 0.25) is 0 Å². The Balaban J connectivity index is 0.00000180. The van der Waals surface area contributed by atoms with Gasteiger partial charge in [-0.25, -0.2) is 4.79 Å². The van der Waals surface area contributed by atoms with Crippen LogP contribution in [-0.2, 0) is 6.42 Å². The smallest absolute Gasteiger partial charge is 0.414 e. The quantitative estimate of drug-likeness (QED) is 0.674. The zero-order chi connectivity index (χ0) is 13.3. The van der Waals surface area contributed by atoms with Crippen molar-refractivity contribution in [2.75, 3.05) is 28.2 Å². The van der Waals surface area contributed by atoms with E-state index >= 15 is 0 Å². The van der Waals surface area contributed by atoms with Crippen LogP contribution in [0.15, 0.2) is 18.2 Å². The first kappa shape index (κ1) is 15.8. The molecule has 2 rings (SSSR count). The molecule has 4 nitrogen and oxygen atoms in total. The van der Waals surface area contributed by atoms with Gasteiger partial charge >= 0.3 is 6.09 Å². The first-order valence-electron chi connectivity index (χ1n) is 6.31. The minimum atomic E-state index is -0.316. The highest BCUT2D eigenvalue weighted by atomic mass is 35.5. The lowest BCUT2D eigenvalue weighted by Gasteiger charge is -2.17. The van der Waals surface area contributed by atoms with Crippen molar-refractivity contribution in [3.8, 4) is 5.75 Å². The highest BCUT2D eigenvalue weighted by Crippen LogP contribution is 2.35. The number of quaternary nitrogens is 1. The van der Waals surface area contributed by atoms with Crippen LogP contribution in [-0.4, -0.2) is 39.2 Å². The van der Waals surface area contributed by atoms with Crippen LogP contribution in [0.5, 0.6) is 5.75 Å². The Labute approximate surface area is 120 Å². The molecule has 1 aliphatic rings. The van der Waals surface area contributed by atoms with Gasteiger partial charge in [0.25, 0.3) is 0 Å². The Hall–Kier alpha value is -1.26. The van der Waals surface area contributed by atoms with E-state index in [4.69, 9.17) is 4.74 Å². The largest absolute Gasteiger partial charge is 1.00 e. The standard InChI is InChI=1S/C14H20N2O2.ClH/c1-15(2)12-9-8-11-10(12)6-5-7-13(11)18-14(17)16(3)4;/h5-7,12H,8-9H2,1-4H3;1H. The molecule has 1 N–H and O–H groups in total. The summed E-state index contributed by atoms with van der Waals surface area (Å²) in [5.74, 6) is 0.718. The average Bonchev–Trinajstić information content (AvgIpc) is 2.73. The SMILES string of the molecule is CN(C)C(=O)Oc1cccc2c1CCC2[NH+](C)C.[Cl-]. The number of carbonyl (C=O) groups excluding carboxylic acids is 1. The van der Waals surface area contributed by atoms with Crippen LogP contribution in [0.4, 0.5) is 4.79 Å². The second kappa shape index (κ2) is 6.26. The molecule has 1 aromatic rings. The molecule has 0 saturated heterocycles. The molecule has 1 aromatic carbocycles. The molecule has 0 radical (unpaired) electrons. The van der Waals surface area contributed by atoms with Crippen LogP contribution >= 0.6 is 0 Å². The number of fused-ring (bicyclic) bond motifs is 1. The molecule has 5 heteroatoms. The predicted molar refractivity (Wildman–Crippen MR) is 70.0 cm³/mol. The maximum atomic E-state index is 11.6. The highest BCUT2D eigenvalue weighted by molar-refractivity contribution is 5.70. The molecule has 0 bridgehead atoms. The topological polar surface area (TPSA) is 34.0 Å². The zero-order valence-corrected chi connectivity index (χ0v) is 12.6. The van der Waals surface area contributed by atoms with Crippen molar-refractivity contribution in [3.05, 3.63) is 29.3 Å². The fourth-order valence-corrected chi connectivity index (χ4v) is 2.50. The highest BCUT2D eigenvalue weighted by Gasteiger charge is 2.30. The summed E-state index contributed by atoms with van der Waals surface area (Å²) in [6.07, 6.45) is 1.79. The van der Waals surface area contributed by atoms with Crippen LogP contribution in [0.1, 0.15) is 23.6 Å². The molecule has 1 atom stereocenters. The van der Waals surface area contributed by atoms with Crippen LogP contribution < -0.4 is 22.0 Å². The first-order chi connectivity index (χ1) is 8.50. The number of ether oxygens (including phenoxy) is 1. The summed E-state index contributed by atoms with van der Waals surface area (Å²) < 4.78 is 5.42. The molecule has 1 unspecified atom stereocenters. The lowest BCUT2D eigenvalue weighted by atomic mass is 10.1. The van der Waals surface area contributed by atoms with Crippen molar-refractivity contribution in [3.63, 3.8) is 0 Å². The van der Waals surface area contributed by atoms with Crippen molar-refractivity contribution >= 4 is 6.09 Å². The summed E-state index contributed by atoms with van der Waals surface area (Å²) in [6.45, 7) is 0. The molecule has 0 saturated carbocycles. The van der Waals surface area contributed by atoms with E-state index in [9.17, 15) is 4.79 Å². The predicted octanol–water partition coefficient (Wildman–Crippen LogP) is -2.12. The fourth-order valence-electron chi connectivity index (χ4n) is 2.50. The van der Waals surface area contributed by atoms with Gasteiger partial charge in [0.1, 0.15) is 11.8 Å². The van der Waals surface area contributed by atoms with Crippen LogP contribution in [0.2, 0.25) is 0 Å². The van der Waals surface area contributed by atoms with Gasteiger partial charge in [0.05, 0.1) is 14.1 Å². The molecular weight excluding hydrogens is 264 g/mol. The summed E-state index contributed by atoms with van der Waals surface area (Å²) >= 11 is 0. The lowest BCUT2D eigenvalue weighted by Crippen LogP contribution is -3.05. The molecule has 0 spiro atoms. The average molecular weight is 285 g/mol. The molecule has 0 aliphatic heterocycles. The van der Waals surface area contributed by atoms with Crippen LogP contribution in [0, 0.1) is 0 Å². The number of nitrogens with one attached hydrogen (secondary N) is 1. The number of nitrogens with zero attached hydrogens (tertiary/aromatic N) is 1. The van der Waals surface area contributed by atoms with Crippen molar-refractivity contribution in [2.24, 2.45) is 0 Å². The Kier molecular flexibility index (Phi) is 5.20. The van der Waals surface area contributed by atoms with Gasteiger partial charge in [-0.2, -0.15) is 0 Å². The minimum absolute atomic E-state index is 0. The van der Waals surface area contributed by atoms with Crippen molar-refractivity contribution < 1.29 is 26.8 Å². The molecule has 1 amide bonds. The van der Waals surface area contributed by atoms with Gasteiger partial charge < -0.3 is 26.9 Å². The third-order valence-electron chi connectivity index (χ3n) is 3.49. The fraction of sp³-hybridized carbons (Fsp3) is 0.500. The van der Waals surface area contributed by atoms with Gasteiger partial charge in [-0.05, 0) is 12.5 Å². The second-order valence-electron chi connectivity index (χ2n) is 5.25. The third-order valence-corrected chi connectivity index (χ3v) is 3.49. The monoisotopic (exact) mass is 284 g/mol. The number of rotatable bonds is 2. The molecule has 19 heavy (non-hydrogen) atoms. The van der Waals surface area contributed by atoms with Gasteiger partial charge in [-0.1, -0.05) is 12.1 Å². The maximum Gasteiger partial charge on any atom is 0.414 e. The van der Waals surface area contributed by atoms with Gasteiger partial charge in [-0.15, -0.1) is 0 Å². The summed E-state index contributed by atoms with van der Waals surface area (Å²) in [6, 6.07) is 6.51. The van der Waals surface area contributed by atoms with E-state index in [1.165, 1.54) is 20.9 Å². The Morgan fingerprint density at radius 1 is 1.37 bits per heavy atom. The molecular formula is C14H21ClN2O2. The Morgan fingerprint density at radius 3 is 2.63 bits per heavy atom. The lowest BCUT2D eigenvalue weighted by molar-refractivity contribution is -0.891. The third kappa shape index (κ3) is 3.19. The maximum absolute atomic E-state index is 11.6. The number of halogens is 1. The van der Waals surface area contributed by atoms with E-state index < -0.39 is 0 Å². The second-order valence-corrected chi connectivity index (χ2v) is 5.25. The van der Waals surface area contributed by atoms with Crippen molar-refractivity contribution in [2.45, 2.75) is 18.9 Å². The van der Waals surface area contributed by atoms with E-state index in [1.54, 1.807) is 14.1 Å². The Bertz CT molecular complexity index is 461. The summed E-state index contributed by atoms with van der Waals surface area (Å²) in [7, 11) is 7.72. The number of carbonyl (C=O) groups is 1. The van der Waals surface area contributed by atoms with E-state index in [-0.39, 0.29) is 18.5 Å². The minimum Gasteiger partial charge on any atom is -1.00 e. The van der Waals surface area contributed by atoms with Crippen LogP contribution in [0.3, 0.4) is 0 Å². The molecule has 0 fully saturated rings. The Morgan fingerprint density at radius 2 is 2.05 bits per heavy atom. The van der Waals surface area contributed by atoms with Crippen molar-refractivity contribution in [1.29, 1.82) is 0 Å². The normalized spacial score (nSPS) is 16.8. The molecule has 106 valence electrons. The van der Waals surface area contributed by atoms with E-state index in [0.29, 0.717) is 6.04 Å². The van der Waals surface area contributed by atoms with Gasteiger partial charge in [-0.3, -0.25) is 0 Å². The van der Waals surface area contributed by atoms with E-state index in [1.807, 2.05) is 12.1 Å². The summed E-state index contributed by atoms with van der Waals surface area (Å²) in [4.78, 5) is 14.5. The number of amides is 1.